The van der Waals surface area contributed by atoms with Crippen LogP contribution in [0.15, 0.2) is 41.4 Å². The van der Waals surface area contributed by atoms with Crippen molar-refractivity contribution in [3.63, 3.8) is 0 Å². The summed E-state index contributed by atoms with van der Waals surface area (Å²) in [6.07, 6.45) is 5.63. The lowest BCUT2D eigenvalue weighted by Crippen LogP contribution is -2.48. The van der Waals surface area contributed by atoms with Gasteiger partial charge < -0.3 is 19.3 Å². The molecular formula is C22H28N4O4S. The second-order valence-corrected chi connectivity index (χ2v) is 10.3. The maximum atomic E-state index is 13.1. The molecule has 0 unspecified atom stereocenters. The molecule has 8 nitrogen and oxygen atoms in total. The van der Waals surface area contributed by atoms with Crippen LogP contribution in [0.3, 0.4) is 0 Å². The van der Waals surface area contributed by atoms with Gasteiger partial charge in [-0.3, -0.25) is 0 Å². The lowest BCUT2D eigenvalue weighted by molar-refractivity contribution is 0.174. The molecule has 31 heavy (non-hydrogen) atoms. The first kappa shape index (κ1) is 20.4. The van der Waals surface area contributed by atoms with Crippen molar-refractivity contribution in [2.24, 2.45) is 0 Å². The number of rotatable bonds is 4. The van der Waals surface area contributed by atoms with Crippen LogP contribution >= 0.6 is 0 Å². The predicted molar refractivity (Wildman–Crippen MR) is 118 cm³/mol. The number of benzene rings is 1. The standard InChI is InChI=1S/C22H28N4O4S/c1-17-4-2-3-9-26(17)22-8-5-18(15-23-22)24-10-12-25(13-11-24)31(27,28)19-6-7-20-21(14-19)30-16-29-20/h5-8,14-15,17H,2-4,9-13,16H2,1H3/t17-/m0/s1. The smallest absolute Gasteiger partial charge is 0.243 e. The van der Waals surface area contributed by atoms with Crippen molar-refractivity contribution < 1.29 is 17.9 Å². The van der Waals surface area contributed by atoms with E-state index in [1.165, 1.54) is 23.6 Å². The van der Waals surface area contributed by atoms with Gasteiger partial charge in [0.25, 0.3) is 0 Å². The fraction of sp³-hybridized carbons (Fsp3) is 0.500. The number of ether oxygens (including phenoxy) is 2. The molecule has 1 aromatic carbocycles. The maximum Gasteiger partial charge on any atom is 0.243 e. The Morgan fingerprint density at radius 2 is 1.77 bits per heavy atom. The Bertz CT molecular complexity index is 1040. The van der Waals surface area contributed by atoms with Crippen molar-refractivity contribution >= 4 is 21.5 Å². The summed E-state index contributed by atoms with van der Waals surface area (Å²) in [6.45, 7) is 5.57. The molecule has 4 heterocycles. The number of sulfonamides is 1. The Kier molecular flexibility index (Phi) is 5.39. The first-order valence-electron chi connectivity index (χ1n) is 10.9. The summed E-state index contributed by atoms with van der Waals surface area (Å²) >= 11 is 0. The van der Waals surface area contributed by atoms with Crippen molar-refractivity contribution in [2.75, 3.05) is 49.3 Å². The summed E-state index contributed by atoms with van der Waals surface area (Å²) in [7, 11) is -3.57. The number of nitrogens with zero attached hydrogens (tertiary/aromatic N) is 4. The molecule has 0 aliphatic carbocycles. The van der Waals surface area contributed by atoms with Gasteiger partial charge in [0.1, 0.15) is 5.82 Å². The van der Waals surface area contributed by atoms with E-state index in [1.807, 2.05) is 6.20 Å². The van der Waals surface area contributed by atoms with Crippen LogP contribution < -0.4 is 19.3 Å². The molecule has 2 saturated heterocycles. The van der Waals surface area contributed by atoms with Gasteiger partial charge in [-0.05, 0) is 50.5 Å². The van der Waals surface area contributed by atoms with Gasteiger partial charge in [0.05, 0.1) is 16.8 Å². The van der Waals surface area contributed by atoms with Crippen molar-refractivity contribution in [3.8, 4) is 11.5 Å². The highest BCUT2D eigenvalue weighted by atomic mass is 32.2. The number of fused-ring (bicyclic) bond motifs is 1. The third kappa shape index (κ3) is 3.92. The third-order valence-electron chi connectivity index (χ3n) is 6.42. The zero-order valence-corrected chi connectivity index (χ0v) is 18.6. The van der Waals surface area contributed by atoms with Gasteiger partial charge in [0.2, 0.25) is 16.8 Å². The molecule has 1 atom stereocenters. The van der Waals surface area contributed by atoms with Gasteiger partial charge in [-0.1, -0.05) is 0 Å². The van der Waals surface area contributed by atoms with Crippen molar-refractivity contribution in [3.05, 3.63) is 36.5 Å². The van der Waals surface area contributed by atoms with Gasteiger partial charge in [-0.25, -0.2) is 13.4 Å². The molecule has 0 spiro atoms. The van der Waals surface area contributed by atoms with E-state index in [0.717, 1.165) is 18.1 Å². The maximum absolute atomic E-state index is 13.1. The lowest BCUT2D eigenvalue weighted by Gasteiger charge is -2.36. The number of anilines is 2. The Labute approximate surface area is 183 Å². The van der Waals surface area contributed by atoms with E-state index in [0.29, 0.717) is 43.7 Å². The molecule has 2 fully saturated rings. The first-order valence-corrected chi connectivity index (χ1v) is 12.3. The van der Waals surface area contributed by atoms with Crippen LogP contribution in [-0.4, -0.2) is 63.3 Å². The quantitative estimate of drug-likeness (QED) is 0.718. The molecule has 0 amide bonds. The second-order valence-electron chi connectivity index (χ2n) is 8.32. The van der Waals surface area contributed by atoms with E-state index >= 15 is 0 Å². The third-order valence-corrected chi connectivity index (χ3v) is 8.31. The predicted octanol–water partition coefficient (Wildman–Crippen LogP) is 2.70. The van der Waals surface area contributed by atoms with Gasteiger partial charge in [-0.15, -0.1) is 0 Å². The molecule has 1 aromatic heterocycles. The average Bonchev–Trinajstić information content (AvgIpc) is 3.28. The number of pyridine rings is 1. The zero-order chi connectivity index (χ0) is 21.4. The van der Waals surface area contributed by atoms with Gasteiger partial charge in [0.15, 0.2) is 11.5 Å². The summed E-state index contributed by atoms with van der Waals surface area (Å²) in [5, 5.41) is 0. The minimum atomic E-state index is -3.57. The van der Waals surface area contributed by atoms with Gasteiger partial charge in [-0.2, -0.15) is 4.31 Å². The molecule has 2 aromatic rings. The van der Waals surface area contributed by atoms with Crippen LogP contribution in [0.4, 0.5) is 11.5 Å². The van der Waals surface area contributed by atoms with E-state index in [1.54, 1.807) is 18.2 Å². The molecule has 166 valence electrons. The number of piperazine rings is 1. The van der Waals surface area contributed by atoms with Crippen LogP contribution in [0.2, 0.25) is 0 Å². The number of hydrogen-bond donors (Lipinski definition) is 0. The molecule has 5 rings (SSSR count). The van der Waals surface area contributed by atoms with E-state index in [9.17, 15) is 8.42 Å². The van der Waals surface area contributed by atoms with Crippen molar-refractivity contribution in [1.82, 2.24) is 9.29 Å². The Hall–Kier alpha value is -2.52. The topological polar surface area (TPSA) is 75.2 Å². The highest BCUT2D eigenvalue weighted by Gasteiger charge is 2.30. The van der Waals surface area contributed by atoms with Crippen LogP contribution in [0.5, 0.6) is 11.5 Å². The number of hydrogen-bond acceptors (Lipinski definition) is 7. The molecule has 0 N–H and O–H groups in total. The van der Waals surface area contributed by atoms with Crippen LogP contribution in [0.1, 0.15) is 26.2 Å². The minimum Gasteiger partial charge on any atom is -0.454 e. The fourth-order valence-corrected chi connectivity index (χ4v) is 5.98. The monoisotopic (exact) mass is 444 g/mol. The fourth-order valence-electron chi connectivity index (χ4n) is 4.55. The molecular weight excluding hydrogens is 416 g/mol. The SMILES string of the molecule is C[C@H]1CCCCN1c1ccc(N2CCN(S(=O)(=O)c3ccc4c(c3)OCO4)CC2)cn1. The van der Waals surface area contributed by atoms with Crippen LogP contribution in [0, 0.1) is 0 Å². The van der Waals surface area contributed by atoms with Gasteiger partial charge in [0, 0.05) is 44.8 Å². The number of piperidine rings is 1. The summed E-state index contributed by atoms with van der Waals surface area (Å²) < 4.78 is 38.3. The van der Waals surface area contributed by atoms with Crippen molar-refractivity contribution in [2.45, 2.75) is 37.1 Å². The Morgan fingerprint density at radius 3 is 2.52 bits per heavy atom. The van der Waals surface area contributed by atoms with E-state index in [4.69, 9.17) is 14.5 Å². The average molecular weight is 445 g/mol. The first-order chi connectivity index (χ1) is 15.0. The van der Waals surface area contributed by atoms with Gasteiger partial charge >= 0.3 is 0 Å². The molecule has 0 bridgehead atoms. The molecule has 3 aliphatic heterocycles. The number of aromatic nitrogens is 1. The van der Waals surface area contributed by atoms with E-state index in [2.05, 4.69) is 28.9 Å². The largest absolute Gasteiger partial charge is 0.454 e. The summed E-state index contributed by atoms with van der Waals surface area (Å²) in [4.78, 5) is 9.52. The van der Waals surface area contributed by atoms with Crippen LogP contribution in [0.25, 0.3) is 0 Å². The molecule has 0 radical (unpaired) electrons. The normalized spacial score (nSPS) is 22.0. The summed E-state index contributed by atoms with van der Waals surface area (Å²) in [5.74, 6) is 2.09. The summed E-state index contributed by atoms with van der Waals surface area (Å²) in [5.41, 5.74) is 1.04. The Balaban J connectivity index is 1.24. The summed E-state index contributed by atoms with van der Waals surface area (Å²) in [6, 6.07) is 9.51. The lowest BCUT2D eigenvalue weighted by atomic mass is 10.0. The highest BCUT2D eigenvalue weighted by molar-refractivity contribution is 7.89. The van der Waals surface area contributed by atoms with E-state index < -0.39 is 10.0 Å². The highest BCUT2D eigenvalue weighted by Crippen LogP contribution is 2.35. The molecule has 3 aliphatic rings. The molecule has 9 heteroatoms. The molecule has 0 saturated carbocycles. The minimum absolute atomic E-state index is 0.126. The van der Waals surface area contributed by atoms with Crippen molar-refractivity contribution in [1.29, 1.82) is 0 Å². The van der Waals surface area contributed by atoms with E-state index in [-0.39, 0.29) is 11.7 Å². The van der Waals surface area contributed by atoms with Crippen LogP contribution in [-0.2, 0) is 10.0 Å². The zero-order valence-electron chi connectivity index (χ0n) is 17.7. The Morgan fingerprint density at radius 1 is 0.968 bits per heavy atom. The second kappa shape index (κ2) is 8.20.